The third kappa shape index (κ3) is 5.66. The van der Waals surface area contributed by atoms with Gasteiger partial charge in [-0.05, 0) is 48.6 Å². The summed E-state index contributed by atoms with van der Waals surface area (Å²) < 4.78 is 21.6. The third-order valence-corrected chi connectivity index (χ3v) is 5.80. The Morgan fingerprint density at radius 1 is 1.06 bits per heavy atom. The van der Waals surface area contributed by atoms with E-state index in [1.165, 1.54) is 0 Å². The number of allylic oxidation sites excluding steroid dienone is 1. The molecular formula is C27H29FN2O. The van der Waals surface area contributed by atoms with E-state index < -0.39 is 6.10 Å². The Hall–Kier alpha value is -2.82. The smallest absolute Gasteiger partial charge is 0.129 e. The second-order valence-corrected chi connectivity index (χ2v) is 8.07. The molecule has 4 heteroatoms. The van der Waals surface area contributed by atoms with Crippen molar-refractivity contribution in [2.24, 2.45) is 0 Å². The van der Waals surface area contributed by atoms with Gasteiger partial charge in [0.05, 0.1) is 11.8 Å². The molecule has 1 saturated heterocycles. The summed E-state index contributed by atoms with van der Waals surface area (Å²) in [6.45, 7) is 6.50. The zero-order chi connectivity index (χ0) is 21.5. The number of pyridine rings is 1. The number of benzene rings is 2. The fourth-order valence-electron chi connectivity index (χ4n) is 4.15. The van der Waals surface area contributed by atoms with E-state index in [2.05, 4.69) is 22.5 Å². The van der Waals surface area contributed by atoms with Gasteiger partial charge in [0.25, 0.3) is 0 Å². The molecule has 0 radical (unpaired) electrons. The van der Waals surface area contributed by atoms with Crippen molar-refractivity contribution in [1.29, 1.82) is 0 Å². The molecule has 0 N–H and O–H groups in total. The van der Waals surface area contributed by atoms with E-state index in [4.69, 9.17) is 4.74 Å². The highest BCUT2D eigenvalue weighted by Gasteiger charge is 2.26. The molecule has 1 aromatic heterocycles. The van der Waals surface area contributed by atoms with Gasteiger partial charge in [0.1, 0.15) is 11.9 Å². The molecule has 3 aromatic rings. The van der Waals surface area contributed by atoms with Crippen LogP contribution in [0.3, 0.4) is 0 Å². The van der Waals surface area contributed by atoms with Gasteiger partial charge in [0.2, 0.25) is 0 Å². The topological polar surface area (TPSA) is 25.4 Å². The number of nitrogens with zero attached hydrogens (tertiary/aromatic N) is 2. The van der Waals surface area contributed by atoms with Crippen molar-refractivity contribution >= 4 is 0 Å². The molecule has 0 bridgehead atoms. The summed E-state index contributed by atoms with van der Waals surface area (Å²) in [7, 11) is 0. The van der Waals surface area contributed by atoms with Crippen LogP contribution < -0.4 is 0 Å². The monoisotopic (exact) mass is 416 g/mol. The first kappa shape index (κ1) is 21.4. The van der Waals surface area contributed by atoms with Crippen molar-refractivity contribution in [3.05, 3.63) is 114 Å². The minimum absolute atomic E-state index is 0.0949. The molecule has 0 amide bonds. The SMILES string of the molecule is C=CCc1ccc(C(OC2CCN(Cc3ccccn3)CC2)c2ccccc2)c(F)c1. The predicted molar refractivity (Wildman–Crippen MR) is 122 cm³/mol. The Morgan fingerprint density at radius 3 is 2.52 bits per heavy atom. The van der Waals surface area contributed by atoms with Crippen molar-refractivity contribution in [3.63, 3.8) is 0 Å². The highest BCUT2D eigenvalue weighted by Crippen LogP contribution is 2.32. The minimum Gasteiger partial charge on any atom is -0.365 e. The van der Waals surface area contributed by atoms with Gasteiger partial charge in [-0.2, -0.15) is 0 Å². The highest BCUT2D eigenvalue weighted by atomic mass is 19.1. The summed E-state index contributed by atoms with van der Waals surface area (Å²) in [5.41, 5.74) is 3.58. The maximum absolute atomic E-state index is 15.0. The van der Waals surface area contributed by atoms with Crippen LogP contribution in [0.25, 0.3) is 0 Å². The van der Waals surface area contributed by atoms with Crippen LogP contribution in [0.1, 0.15) is 41.3 Å². The van der Waals surface area contributed by atoms with Gasteiger partial charge in [-0.3, -0.25) is 9.88 Å². The molecule has 1 atom stereocenters. The lowest BCUT2D eigenvalue weighted by Crippen LogP contribution is -2.37. The molecule has 2 aromatic carbocycles. The van der Waals surface area contributed by atoms with Crippen molar-refractivity contribution in [2.45, 2.75) is 38.0 Å². The molecule has 0 saturated carbocycles. The molecular weight excluding hydrogens is 387 g/mol. The van der Waals surface area contributed by atoms with Crippen LogP contribution in [0.15, 0.2) is 85.6 Å². The van der Waals surface area contributed by atoms with Crippen LogP contribution in [0.2, 0.25) is 0 Å². The van der Waals surface area contributed by atoms with Crippen molar-refractivity contribution in [1.82, 2.24) is 9.88 Å². The second-order valence-electron chi connectivity index (χ2n) is 8.07. The first-order valence-electron chi connectivity index (χ1n) is 10.9. The van der Waals surface area contributed by atoms with E-state index >= 15 is 4.39 Å². The van der Waals surface area contributed by atoms with Crippen molar-refractivity contribution in [3.8, 4) is 0 Å². The summed E-state index contributed by atoms with van der Waals surface area (Å²) >= 11 is 0. The number of hydrogen-bond acceptors (Lipinski definition) is 3. The summed E-state index contributed by atoms with van der Waals surface area (Å²) in [6.07, 6.45) is 5.81. The zero-order valence-electron chi connectivity index (χ0n) is 17.8. The fraction of sp³-hybridized carbons (Fsp3) is 0.296. The molecule has 1 aliphatic rings. The Labute approximate surface area is 184 Å². The zero-order valence-corrected chi connectivity index (χ0v) is 17.8. The molecule has 1 aliphatic heterocycles. The van der Waals surface area contributed by atoms with Crippen molar-refractivity contribution < 1.29 is 9.13 Å². The standard InChI is InChI=1S/C27H29FN2O/c1-2-8-21-12-13-25(26(28)19-21)27(22-9-4-3-5-10-22)31-24-14-17-30(18-15-24)20-23-11-6-7-16-29-23/h2-7,9-13,16,19,24,27H,1,8,14-15,17-18,20H2. The normalized spacial score (nSPS) is 16.2. The van der Waals surface area contributed by atoms with Gasteiger partial charge < -0.3 is 4.74 Å². The number of halogens is 1. The molecule has 3 nitrogen and oxygen atoms in total. The average Bonchev–Trinajstić information content (AvgIpc) is 2.81. The van der Waals surface area contributed by atoms with Gasteiger partial charge >= 0.3 is 0 Å². The Kier molecular flexibility index (Phi) is 7.23. The largest absolute Gasteiger partial charge is 0.365 e. The van der Waals surface area contributed by atoms with E-state index in [9.17, 15) is 0 Å². The van der Waals surface area contributed by atoms with Gasteiger partial charge in [-0.25, -0.2) is 4.39 Å². The van der Waals surface area contributed by atoms with Gasteiger partial charge in [-0.15, -0.1) is 6.58 Å². The third-order valence-electron chi connectivity index (χ3n) is 5.80. The summed E-state index contributed by atoms with van der Waals surface area (Å²) in [6, 6.07) is 21.4. The number of ether oxygens (including phenoxy) is 1. The maximum atomic E-state index is 15.0. The van der Waals surface area contributed by atoms with Gasteiger partial charge in [0, 0.05) is 31.4 Å². The maximum Gasteiger partial charge on any atom is 0.129 e. The van der Waals surface area contributed by atoms with Crippen LogP contribution in [-0.2, 0) is 17.7 Å². The lowest BCUT2D eigenvalue weighted by Gasteiger charge is -2.34. The number of likely N-dealkylation sites (tertiary alicyclic amines) is 1. The molecule has 1 unspecified atom stereocenters. The van der Waals surface area contributed by atoms with Crippen LogP contribution in [0, 0.1) is 5.82 Å². The van der Waals surface area contributed by atoms with E-state index in [1.54, 1.807) is 12.1 Å². The van der Waals surface area contributed by atoms with Crippen LogP contribution >= 0.6 is 0 Å². The Balaban J connectivity index is 1.46. The average molecular weight is 417 g/mol. The van der Waals surface area contributed by atoms with E-state index in [1.807, 2.05) is 60.8 Å². The second kappa shape index (κ2) is 10.5. The summed E-state index contributed by atoms with van der Waals surface area (Å²) in [5.74, 6) is -0.221. The molecule has 0 spiro atoms. The van der Waals surface area contributed by atoms with Gasteiger partial charge in [0.15, 0.2) is 0 Å². The van der Waals surface area contributed by atoms with Gasteiger partial charge in [-0.1, -0.05) is 54.6 Å². The molecule has 160 valence electrons. The first-order chi connectivity index (χ1) is 15.2. The lowest BCUT2D eigenvalue weighted by molar-refractivity contribution is -0.0294. The van der Waals surface area contributed by atoms with Crippen molar-refractivity contribution in [2.75, 3.05) is 13.1 Å². The summed E-state index contributed by atoms with van der Waals surface area (Å²) in [5, 5.41) is 0. The molecule has 0 aliphatic carbocycles. The predicted octanol–water partition coefficient (Wildman–Crippen LogP) is 5.72. The molecule has 4 rings (SSSR count). The lowest BCUT2D eigenvalue weighted by atomic mass is 9.97. The Bertz CT molecular complexity index is 969. The van der Waals surface area contributed by atoms with E-state index in [-0.39, 0.29) is 11.9 Å². The molecule has 2 heterocycles. The number of hydrogen-bond donors (Lipinski definition) is 0. The Morgan fingerprint density at radius 2 is 1.84 bits per heavy atom. The van der Waals surface area contributed by atoms with Crippen LogP contribution in [0.4, 0.5) is 4.39 Å². The summed E-state index contributed by atoms with van der Waals surface area (Å²) in [4.78, 5) is 6.84. The van der Waals surface area contributed by atoms with E-state index in [0.717, 1.165) is 49.3 Å². The van der Waals surface area contributed by atoms with Crippen LogP contribution in [0.5, 0.6) is 0 Å². The molecule has 1 fully saturated rings. The first-order valence-corrected chi connectivity index (χ1v) is 10.9. The minimum atomic E-state index is -0.411. The number of rotatable bonds is 8. The highest BCUT2D eigenvalue weighted by molar-refractivity contribution is 5.34. The fourth-order valence-corrected chi connectivity index (χ4v) is 4.15. The molecule has 31 heavy (non-hydrogen) atoms. The number of aromatic nitrogens is 1. The quantitative estimate of drug-likeness (QED) is 0.439. The van der Waals surface area contributed by atoms with E-state index in [0.29, 0.717) is 12.0 Å². The van der Waals surface area contributed by atoms with Crippen LogP contribution in [-0.4, -0.2) is 29.1 Å². The number of piperidine rings is 1.